The summed E-state index contributed by atoms with van der Waals surface area (Å²) in [7, 11) is 0. The number of hydrogen-bond donors (Lipinski definition) is 0. The second-order valence-corrected chi connectivity index (χ2v) is 4.47. The van der Waals surface area contributed by atoms with Crippen molar-refractivity contribution in [1.82, 2.24) is 0 Å². The lowest BCUT2D eigenvalue weighted by Crippen LogP contribution is -2.09. The molecule has 0 saturated carbocycles. The highest BCUT2D eigenvalue weighted by Crippen LogP contribution is 2.25. The maximum Gasteiger partial charge on any atom is 0.343 e. The van der Waals surface area contributed by atoms with E-state index in [9.17, 15) is 9.59 Å². The van der Waals surface area contributed by atoms with Gasteiger partial charge in [-0.25, -0.2) is 4.79 Å². The molecule has 0 saturated heterocycles. The van der Waals surface area contributed by atoms with Crippen LogP contribution in [0.15, 0.2) is 42.5 Å². The number of benzene rings is 2. The van der Waals surface area contributed by atoms with Gasteiger partial charge in [-0.15, -0.1) is 0 Å². The minimum absolute atomic E-state index is 0.227. The maximum absolute atomic E-state index is 11.9. The number of carbonyl (C=O) groups is 2. The van der Waals surface area contributed by atoms with Crippen LogP contribution in [0.25, 0.3) is 0 Å². The van der Waals surface area contributed by atoms with Crippen molar-refractivity contribution >= 4 is 23.9 Å². The highest BCUT2D eigenvalue weighted by Gasteiger charge is 2.11. The van der Waals surface area contributed by atoms with Crippen LogP contribution in [0.4, 0.5) is 0 Å². The molecule has 0 bridgehead atoms. The van der Waals surface area contributed by atoms with Gasteiger partial charge < -0.3 is 4.74 Å². The van der Waals surface area contributed by atoms with Gasteiger partial charge in [0.05, 0.1) is 10.6 Å². The number of rotatable bonds is 3. The predicted molar refractivity (Wildman–Crippen MR) is 73.0 cm³/mol. The van der Waals surface area contributed by atoms with Crippen LogP contribution in [-0.4, -0.2) is 12.3 Å². The lowest BCUT2D eigenvalue weighted by atomic mass is 10.1. The molecule has 19 heavy (non-hydrogen) atoms. The quantitative estimate of drug-likeness (QED) is 0.487. The molecule has 2 aromatic carbocycles. The normalized spacial score (nSPS) is 10.0. The Labute approximate surface area is 115 Å². The van der Waals surface area contributed by atoms with E-state index in [2.05, 4.69) is 0 Å². The standard InChI is InChI=1S/C15H11ClO3/c1-10-3-2-4-12(7-10)15(18)19-14-6-5-11(9-17)8-13(14)16/h2-9H,1H3. The van der Waals surface area contributed by atoms with E-state index in [0.717, 1.165) is 5.56 Å². The third-order valence-corrected chi connectivity index (χ3v) is 2.84. The summed E-state index contributed by atoms with van der Waals surface area (Å²) in [5.41, 5.74) is 1.85. The minimum Gasteiger partial charge on any atom is -0.421 e. The van der Waals surface area contributed by atoms with Crippen molar-refractivity contribution in [1.29, 1.82) is 0 Å². The molecule has 0 aliphatic rings. The molecular weight excluding hydrogens is 264 g/mol. The van der Waals surface area contributed by atoms with Crippen LogP contribution in [-0.2, 0) is 0 Å². The summed E-state index contributed by atoms with van der Waals surface area (Å²) in [5, 5.41) is 0.227. The van der Waals surface area contributed by atoms with Crippen LogP contribution >= 0.6 is 11.6 Å². The Balaban J connectivity index is 2.21. The molecule has 2 aromatic rings. The highest BCUT2D eigenvalue weighted by molar-refractivity contribution is 6.32. The van der Waals surface area contributed by atoms with Gasteiger partial charge in [0.25, 0.3) is 0 Å². The minimum atomic E-state index is -0.482. The molecule has 0 aromatic heterocycles. The lowest BCUT2D eigenvalue weighted by Gasteiger charge is -2.07. The first-order valence-electron chi connectivity index (χ1n) is 5.64. The molecule has 96 valence electrons. The molecule has 0 aliphatic heterocycles. The van der Waals surface area contributed by atoms with E-state index in [-0.39, 0.29) is 10.8 Å². The third-order valence-electron chi connectivity index (χ3n) is 2.55. The Morgan fingerprint density at radius 2 is 2.00 bits per heavy atom. The van der Waals surface area contributed by atoms with Crippen molar-refractivity contribution in [2.75, 3.05) is 0 Å². The van der Waals surface area contributed by atoms with E-state index in [0.29, 0.717) is 17.4 Å². The van der Waals surface area contributed by atoms with E-state index in [1.54, 1.807) is 18.2 Å². The smallest absolute Gasteiger partial charge is 0.343 e. The van der Waals surface area contributed by atoms with Crippen molar-refractivity contribution in [3.63, 3.8) is 0 Å². The molecule has 0 aliphatic carbocycles. The highest BCUT2D eigenvalue weighted by atomic mass is 35.5. The first-order valence-corrected chi connectivity index (χ1v) is 6.01. The molecule has 2 rings (SSSR count). The lowest BCUT2D eigenvalue weighted by molar-refractivity contribution is 0.0734. The maximum atomic E-state index is 11.9. The third kappa shape index (κ3) is 3.20. The van der Waals surface area contributed by atoms with Crippen molar-refractivity contribution < 1.29 is 14.3 Å². The van der Waals surface area contributed by atoms with Crippen LogP contribution < -0.4 is 4.74 Å². The Morgan fingerprint density at radius 3 is 2.63 bits per heavy atom. The molecule has 4 heteroatoms. The molecule has 3 nitrogen and oxygen atoms in total. The summed E-state index contributed by atoms with van der Waals surface area (Å²) in [6.45, 7) is 1.89. The fourth-order valence-electron chi connectivity index (χ4n) is 1.60. The Hall–Kier alpha value is -2.13. The van der Waals surface area contributed by atoms with Crippen molar-refractivity contribution in [2.45, 2.75) is 6.92 Å². The van der Waals surface area contributed by atoms with Crippen LogP contribution in [0.2, 0.25) is 5.02 Å². The van der Waals surface area contributed by atoms with Crippen molar-refractivity contribution in [2.24, 2.45) is 0 Å². The largest absolute Gasteiger partial charge is 0.421 e. The Bertz CT molecular complexity index is 635. The van der Waals surface area contributed by atoms with Crippen LogP contribution in [0, 0.1) is 6.92 Å². The topological polar surface area (TPSA) is 43.4 Å². The van der Waals surface area contributed by atoms with Gasteiger partial charge in [-0.1, -0.05) is 29.3 Å². The zero-order valence-electron chi connectivity index (χ0n) is 10.2. The van der Waals surface area contributed by atoms with Gasteiger partial charge >= 0.3 is 5.97 Å². The zero-order chi connectivity index (χ0) is 13.8. The van der Waals surface area contributed by atoms with Crippen molar-refractivity contribution in [3.05, 3.63) is 64.2 Å². The first kappa shape index (κ1) is 13.3. The van der Waals surface area contributed by atoms with E-state index >= 15 is 0 Å². The Morgan fingerprint density at radius 1 is 1.21 bits per heavy atom. The number of halogens is 1. The van der Waals surface area contributed by atoms with Gasteiger partial charge in [-0.3, -0.25) is 4.79 Å². The van der Waals surface area contributed by atoms with Crippen LogP contribution in [0.3, 0.4) is 0 Å². The van der Waals surface area contributed by atoms with Gasteiger partial charge in [0.1, 0.15) is 12.0 Å². The number of ether oxygens (including phenoxy) is 1. The monoisotopic (exact) mass is 274 g/mol. The fraction of sp³-hybridized carbons (Fsp3) is 0.0667. The van der Waals surface area contributed by atoms with Gasteiger partial charge in [-0.2, -0.15) is 0 Å². The molecule has 0 fully saturated rings. The molecule has 0 unspecified atom stereocenters. The SMILES string of the molecule is Cc1cccc(C(=O)Oc2ccc(C=O)cc2Cl)c1. The van der Waals surface area contributed by atoms with E-state index < -0.39 is 5.97 Å². The van der Waals surface area contributed by atoms with E-state index in [1.807, 2.05) is 13.0 Å². The summed E-state index contributed by atoms with van der Waals surface area (Å²) in [4.78, 5) is 22.5. The average Bonchev–Trinajstić information content (AvgIpc) is 2.41. The molecule has 0 amide bonds. The molecular formula is C15H11ClO3. The summed E-state index contributed by atoms with van der Waals surface area (Å²) in [6.07, 6.45) is 0.679. The number of aryl methyl sites for hydroxylation is 1. The second-order valence-electron chi connectivity index (χ2n) is 4.07. The first-order chi connectivity index (χ1) is 9.10. The van der Waals surface area contributed by atoms with Crippen molar-refractivity contribution in [3.8, 4) is 5.75 Å². The number of esters is 1. The number of aldehydes is 1. The predicted octanol–water partition coefficient (Wildman–Crippen LogP) is 3.68. The fourth-order valence-corrected chi connectivity index (χ4v) is 1.83. The second kappa shape index (κ2) is 5.67. The summed E-state index contributed by atoms with van der Waals surface area (Å²) in [5.74, 6) is -0.247. The van der Waals surface area contributed by atoms with Crippen LogP contribution in [0.5, 0.6) is 5.75 Å². The molecule has 0 N–H and O–H groups in total. The summed E-state index contributed by atoms with van der Waals surface area (Å²) < 4.78 is 5.20. The zero-order valence-corrected chi connectivity index (χ0v) is 11.0. The van der Waals surface area contributed by atoms with Gasteiger partial charge in [0.15, 0.2) is 0 Å². The average molecular weight is 275 g/mol. The van der Waals surface area contributed by atoms with Crippen LogP contribution in [0.1, 0.15) is 26.3 Å². The summed E-state index contributed by atoms with van der Waals surface area (Å²) in [6, 6.07) is 11.6. The molecule has 0 spiro atoms. The van der Waals surface area contributed by atoms with E-state index in [4.69, 9.17) is 16.3 Å². The molecule has 0 heterocycles. The summed E-state index contributed by atoms with van der Waals surface area (Å²) >= 11 is 5.93. The number of carbonyl (C=O) groups excluding carboxylic acids is 2. The van der Waals surface area contributed by atoms with Gasteiger partial charge in [0.2, 0.25) is 0 Å². The Kier molecular flexibility index (Phi) is 3.97. The van der Waals surface area contributed by atoms with Gasteiger partial charge in [0, 0.05) is 5.56 Å². The van der Waals surface area contributed by atoms with E-state index in [1.165, 1.54) is 18.2 Å². The number of hydrogen-bond acceptors (Lipinski definition) is 3. The van der Waals surface area contributed by atoms with Gasteiger partial charge in [-0.05, 0) is 37.3 Å². The molecule has 0 atom stereocenters. The molecule has 0 radical (unpaired) electrons.